The van der Waals surface area contributed by atoms with Gasteiger partial charge in [-0.05, 0) is 45.8 Å². The molecule has 4 nitrogen and oxygen atoms in total. The van der Waals surface area contributed by atoms with Crippen LogP contribution in [0.15, 0.2) is 15.2 Å². The SMILES string of the molecule is O=C(NCc1ccsc1Br)N[C@@H]1CCCC[C@H]1O. The van der Waals surface area contributed by atoms with Crippen molar-refractivity contribution >= 4 is 33.3 Å². The molecule has 3 N–H and O–H groups in total. The molecule has 1 saturated carbocycles. The number of aliphatic hydroxyl groups excluding tert-OH is 1. The molecule has 1 aromatic rings. The van der Waals surface area contributed by atoms with E-state index in [4.69, 9.17) is 0 Å². The maximum Gasteiger partial charge on any atom is 0.315 e. The maximum absolute atomic E-state index is 11.7. The van der Waals surface area contributed by atoms with Crippen LogP contribution in [0.25, 0.3) is 0 Å². The van der Waals surface area contributed by atoms with Gasteiger partial charge in [0.1, 0.15) is 0 Å². The minimum atomic E-state index is -0.405. The zero-order valence-electron chi connectivity index (χ0n) is 9.99. The summed E-state index contributed by atoms with van der Waals surface area (Å²) in [6.07, 6.45) is 3.34. The summed E-state index contributed by atoms with van der Waals surface area (Å²) in [5.74, 6) is 0. The van der Waals surface area contributed by atoms with Crippen LogP contribution in [0.1, 0.15) is 31.2 Å². The Labute approximate surface area is 119 Å². The van der Waals surface area contributed by atoms with Gasteiger partial charge in [-0.1, -0.05) is 12.8 Å². The largest absolute Gasteiger partial charge is 0.391 e. The number of thiophene rings is 1. The number of hydrogen-bond acceptors (Lipinski definition) is 3. The second kappa shape index (κ2) is 6.54. The first kappa shape index (κ1) is 13.8. The van der Waals surface area contributed by atoms with Crippen molar-refractivity contribution in [2.75, 3.05) is 0 Å². The number of rotatable bonds is 3. The highest BCUT2D eigenvalue weighted by Gasteiger charge is 2.24. The van der Waals surface area contributed by atoms with Gasteiger partial charge in [0.2, 0.25) is 0 Å². The van der Waals surface area contributed by atoms with Crippen LogP contribution in [0.5, 0.6) is 0 Å². The summed E-state index contributed by atoms with van der Waals surface area (Å²) in [4.78, 5) is 11.7. The van der Waals surface area contributed by atoms with Gasteiger partial charge in [0.05, 0.1) is 15.9 Å². The van der Waals surface area contributed by atoms with E-state index >= 15 is 0 Å². The zero-order valence-corrected chi connectivity index (χ0v) is 12.4. The lowest BCUT2D eigenvalue weighted by Crippen LogP contribution is -2.48. The second-order valence-electron chi connectivity index (χ2n) is 4.50. The fraction of sp³-hybridized carbons (Fsp3) is 0.583. The summed E-state index contributed by atoms with van der Waals surface area (Å²) in [5, 5.41) is 17.4. The number of aliphatic hydroxyl groups is 1. The van der Waals surface area contributed by atoms with Crippen LogP contribution in [0.4, 0.5) is 4.79 Å². The Bertz CT molecular complexity index is 411. The standard InChI is InChI=1S/C12H17BrN2O2S/c13-11-8(5-6-18-11)7-14-12(17)15-9-3-1-2-4-10(9)16/h5-6,9-10,16H,1-4,7H2,(H2,14,15,17)/t9-,10-/m1/s1. The van der Waals surface area contributed by atoms with Crippen molar-refractivity contribution < 1.29 is 9.90 Å². The van der Waals surface area contributed by atoms with Crippen LogP contribution in [-0.4, -0.2) is 23.3 Å². The molecule has 0 radical (unpaired) electrons. The van der Waals surface area contributed by atoms with Crippen LogP contribution in [0.3, 0.4) is 0 Å². The van der Waals surface area contributed by atoms with Crippen molar-refractivity contribution in [2.45, 2.75) is 44.4 Å². The fourth-order valence-electron chi connectivity index (χ4n) is 2.12. The van der Waals surface area contributed by atoms with Crippen molar-refractivity contribution in [1.29, 1.82) is 0 Å². The molecule has 2 rings (SSSR count). The molecule has 1 aliphatic carbocycles. The highest BCUT2D eigenvalue weighted by atomic mass is 79.9. The van der Waals surface area contributed by atoms with E-state index in [0.717, 1.165) is 35.0 Å². The third-order valence-electron chi connectivity index (χ3n) is 3.18. The first-order chi connectivity index (χ1) is 8.66. The van der Waals surface area contributed by atoms with Crippen LogP contribution in [0, 0.1) is 0 Å². The normalized spacial score (nSPS) is 23.7. The highest BCUT2D eigenvalue weighted by Crippen LogP contribution is 2.23. The van der Waals surface area contributed by atoms with Crippen molar-refractivity contribution in [3.8, 4) is 0 Å². The molecule has 0 saturated heterocycles. The topological polar surface area (TPSA) is 61.4 Å². The number of nitrogens with one attached hydrogen (secondary N) is 2. The van der Waals surface area contributed by atoms with Crippen molar-refractivity contribution in [3.05, 3.63) is 20.8 Å². The molecule has 2 atom stereocenters. The minimum Gasteiger partial charge on any atom is -0.391 e. The van der Waals surface area contributed by atoms with Gasteiger partial charge in [-0.15, -0.1) is 11.3 Å². The van der Waals surface area contributed by atoms with Gasteiger partial charge >= 0.3 is 6.03 Å². The number of carbonyl (C=O) groups is 1. The highest BCUT2D eigenvalue weighted by molar-refractivity contribution is 9.11. The number of carbonyl (C=O) groups excluding carboxylic acids is 1. The van der Waals surface area contributed by atoms with Gasteiger partial charge in [0.15, 0.2) is 0 Å². The van der Waals surface area contributed by atoms with Gasteiger partial charge in [0.25, 0.3) is 0 Å². The molecular formula is C12H17BrN2O2S. The first-order valence-electron chi connectivity index (χ1n) is 6.11. The Morgan fingerprint density at radius 1 is 1.50 bits per heavy atom. The molecular weight excluding hydrogens is 316 g/mol. The Morgan fingerprint density at radius 3 is 2.94 bits per heavy atom. The summed E-state index contributed by atoms with van der Waals surface area (Å²) in [6, 6.07) is 1.66. The summed E-state index contributed by atoms with van der Waals surface area (Å²) >= 11 is 5.03. The minimum absolute atomic E-state index is 0.107. The molecule has 1 aliphatic rings. The number of urea groups is 1. The predicted octanol–water partition coefficient (Wildman–Crippen LogP) is 2.61. The molecule has 100 valence electrons. The van der Waals surface area contributed by atoms with E-state index < -0.39 is 6.10 Å². The average molecular weight is 333 g/mol. The third-order valence-corrected chi connectivity index (χ3v) is 4.99. The second-order valence-corrected chi connectivity index (χ2v) is 6.74. The Morgan fingerprint density at radius 2 is 2.28 bits per heavy atom. The molecule has 0 spiro atoms. The van der Waals surface area contributed by atoms with E-state index in [-0.39, 0.29) is 12.1 Å². The van der Waals surface area contributed by atoms with E-state index in [1.165, 1.54) is 0 Å². The molecule has 1 heterocycles. The Balaban J connectivity index is 1.76. The lowest BCUT2D eigenvalue weighted by molar-refractivity contribution is 0.0943. The van der Waals surface area contributed by atoms with Crippen LogP contribution >= 0.6 is 27.3 Å². The quantitative estimate of drug-likeness (QED) is 0.796. The van der Waals surface area contributed by atoms with Gasteiger partial charge in [-0.2, -0.15) is 0 Å². The van der Waals surface area contributed by atoms with Crippen molar-refractivity contribution in [3.63, 3.8) is 0 Å². The first-order valence-corrected chi connectivity index (χ1v) is 7.78. The van der Waals surface area contributed by atoms with E-state index in [1.54, 1.807) is 11.3 Å². The molecule has 6 heteroatoms. The van der Waals surface area contributed by atoms with Crippen molar-refractivity contribution in [2.24, 2.45) is 0 Å². The molecule has 0 bridgehead atoms. The third kappa shape index (κ3) is 3.70. The van der Waals surface area contributed by atoms with E-state index in [9.17, 15) is 9.90 Å². The lowest BCUT2D eigenvalue weighted by atomic mass is 9.93. The molecule has 0 aliphatic heterocycles. The maximum atomic E-state index is 11.7. The van der Waals surface area contributed by atoms with Gasteiger partial charge in [0, 0.05) is 6.54 Å². The molecule has 0 aromatic carbocycles. The van der Waals surface area contributed by atoms with E-state index in [1.807, 2.05) is 11.4 Å². The molecule has 1 aromatic heterocycles. The summed E-state index contributed by atoms with van der Waals surface area (Å²) in [5.41, 5.74) is 1.07. The summed E-state index contributed by atoms with van der Waals surface area (Å²) in [7, 11) is 0. The smallest absolute Gasteiger partial charge is 0.315 e. The monoisotopic (exact) mass is 332 g/mol. The van der Waals surface area contributed by atoms with Gasteiger partial charge < -0.3 is 15.7 Å². The number of hydrogen-bond donors (Lipinski definition) is 3. The molecule has 0 unspecified atom stereocenters. The number of halogens is 1. The number of amides is 2. The molecule has 18 heavy (non-hydrogen) atoms. The van der Waals surface area contributed by atoms with Crippen LogP contribution in [0.2, 0.25) is 0 Å². The van der Waals surface area contributed by atoms with Crippen molar-refractivity contribution in [1.82, 2.24) is 10.6 Å². The van der Waals surface area contributed by atoms with Crippen LogP contribution in [-0.2, 0) is 6.54 Å². The predicted molar refractivity (Wildman–Crippen MR) is 75.7 cm³/mol. The Hall–Kier alpha value is -0.590. The zero-order chi connectivity index (χ0) is 13.0. The summed E-state index contributed by atoms with van der Waals surface area (Å²) < 4.78 is 1.04. The van der Waals surface area contributed by atoms with E-state index in [0.29, 0.717) is 6.54 Å². The lowest BCUT2D eigenvalue weighted by Gasteiger charge is -2.28. The van der Waals surface area contributed by atoms with Crippen LogP contribution < -0.4 is 10.6 Å². The molecule has 1 fully saturated rings. The van der Waals surface area contributed by atoms with Gasteiger partial charge in [-0.3, -0.25) is 0 Å². The molecule has 2 amide bonds. The Kier molecular flexibility index (Phi) is 5.03. The van der Waals surface area contributed by atoms with Gasteiger partial charge in [-0.25, -0.2) is 4.79 Å². The average Bonchev–Trinajstić information content (AvgIpc) is 2.75. The fourth-order valence-corrected chi connectivity index (χ4v) is 3.36. The summed E-state index contributed by atoms with van der Waals surface area (Å²) in [6.45, 7) is 0.499. The van der Waals surface area contributed by atoms with E-state index in [2.05, 4.69) is 26.6 Å².